The summed E-state index contributed by atoms with van der Waals surface area (Å²) in [6.07, 6.45) is 3.88. The summed E-state index contributed by atoms with van der Waals surface area (Å²) in [5, 5.41) is 6.16. The van der Waals surface area contributed by atoms with Crippen molar-refractivity contribution in [3.8, 4) is 0 Å². The summed E-state index contributed by atoms with van der Waals surface area (Å²) < 4.78 is 143. The minimum absolute atomic E-state index is 0.0404. The van der Waals surface area contributed by atoms with Crippen molar-refractivity contribution in [1.29, 1.82) is 0 Å². The van der Waals surface area contributed by atoms with E-state index in [0.717, 1.165) is 77.0 Å². The van der Waals surface area contributed by atoms with Crippen LogP contribution in [0.4, 0.5) is 38.1 Å². The SMILES string of the molecule is CCCCCCCCCc1c(C(F)(F)F)noc1NS(=O)(=O)c1ccccc1.CCCCCCCCCc1c(C(F)(F)F)noc1NS(=O)(=O)c1ccccc1. The molecule has 0 aliphatic rings. The molecule has 4 rings (SSSR count). The average Bonchev–Trinajstić information content (AvgIpc) is 3.75. The first-order chi connectivity index (χ1) is 26.5. The maximum Gasteiger partial charge on any atom is 0.437 e. The maximum absolute atomic E-state index is 13.2. The zero-order valence-corrected chi connectivity index (χ0v) is 33.1. The third-order valence-corrected chi connectivity index (χ3v) is 11.4. The van der Waals surface area contributed by atoms with Crippen LogP contribution in [0.2, 0.25) is 0 Å². The van der Waals surface area contributed by atoms with Crippen LogP contribution in [0.1, 0.15) is 126 Å². The van der Waals surface area contributed by atoms with Crippen LogP contribution in [0.5, 0.6) is 0 Å². The fourth-order valence-corrected chi connectivity index (χ4v) is 7.84. The summed E-state index contributed by atoms with van der Waals surface area (Å²) in [7, 11) is -8.13. The number of nitrogens with zero attached hydrogens (tertiary/aromatic N) is 2. The standard InChI is InChI=1S/2C19H25F3N2O3S/c2*1-2-3-4-5-6-7-11-14-16-17(19(20,21)22)23-27-18(16)24-28(25,26)15-12-9-8-10-13-15/h2*8-10,12-13,24H,2-7,11,14H2,1H3. The first-order valence-electron chi connectivity index (χ1n) is 18.8. The highest BCUT2D eigenvalue weighted by molar-refractivity contribution is 7.93. The number of rotatable bonds is 22. The van der Waals surface area contributed by atoms with Gasteiger partial charge >= 0.3 is 12.4 Å². The van der Waals surface area contributed by atoms with Gasteiger partial charge in [0.05, 0.1) is 20.9 Å². The van der Waals surface area contributed by atoms with Gasteiger partial charge in [0.15, 0.2) is 11.4 Å². The third-order valence-electron chi connectivity index (χ3n) is 8.74. The van der Waals surface area contributed by atoms with E-state index in [2.05, 4.69) is 33.6 Å². The zero-order valence-electron chi connectivity index (χ0n) is 31.5. The molecule has 4 aromatic rings. The van der Waals surface area contributed by atoms with Crippen LogP contribution in [0.25, 0.3) is 0 Å². The van der Waals surface area contributed by atoms with Crippen LogP contribution in [0.15, 0.2) is 79.5 Å². The fraction of sp³-hybridized carbons (Fsp3) is 0.526. The van der Waals surface area contributed by atoms with Crippen molar-refractivity contribution < 1.29 is 52.2 Å². The van der Waals surface area contributed by atoms with E-state index in [-0.39, 0.29) is 33.8 Å². The number of benzene rings is 2. The topological polar surface area (TPSA) is 144 Å². The number of aromatic nitrogens is 2. The predicted octanol–water partition coefficient (Wildman–Crippen LogP) is 11.6. The van der Waals surface area contributed by atoms with Gasteiger partial charge in [-0.2, -0.15) is 26.3 Å². The Morgan fingerprint density at radius 3 is 1.11 bits per heavy atom. The molecule has 0 amide bonds. The van der Waals surface area contributed by atoms with E-state index in [1.54, 1.807) is 12.1 Å². The Morgan fingerprint density at radius 2 is 0.804 bits per heavy atom. The smallest absolute Gasteiger partial charge is 0.337 e. The fourth-order valence-electron chi connectivity index (χ4n) is 5.77. The quantitative estimate of drug-likeness (QED) is 0.0588. The summed E-state index contributed by atoms with van der Waals surface area (Å²) in [5.74, 6) is -0.940. The van der Waals surface area contributed by atoms with Gasteiger partial charge in [-0.3, -0.25) is 0 Å². The number of unbranched alkanes of at least 4 members (excludes halogenated alkanes) is 12. The molecule has 0 saturated carbocycles. The third kappa shape index (κ3) is 14.8. The highest BCUT2D eigenvalue weighted by Gasteiger charge is 2.41. The summed E-state index contributed by atoms with van der Waals surface area (Å²) >= 11 is 0. The second kappa shape index (κ2) is 22.0. The van der Waals surface area contributed by atoms with Gasteiger partial charge in [0.2, 0.25) is 11.8 Å². The lowest BCUT2D eigenvalue weighted by Crippen LogP contribution is -2.15. The molecule has 0 aliphatic heterocycles. The Morgan fingerprint density at radius 1 is 0.500 bits per heavy atom. The minimum Gasteiger partial charge on any atom is -0.337 e. The molecule has 0 unspecified atom stereocenters. The van der Waals surface area contributed by atoms with Crippen molar-refractivity contribution in [1.82, 2.24) is 10.3 Å². The Bertz CT molecular complexity index is 1810. The molecule has 2 heterocycles. The van der Waals surface area contributed by atoms with Crippen molar-refractivity contribution >= 4 is 31.8 Å². The summed E-state index contributed by atoms with van der Waals surface area (Å²) in [6, 6.07) is 14.8. The molecule has 56 heavy (non-hydrogen) atoms. The van der Waals surface area contributed by atoms with Gasteiger partial charge in [-0.05, 0) is 49.9 Å². The lowest BCUT2D eigenvalue weighted by molar-refractivity contribution is -0.144. The van der Waals surface area contributed by atoms with Crippen molar-refractivity contribution in [2.45, 2.75) is 139 Å². The molecular formula is C38H50F6N4O6S2. The van der Waals surface area contributed by atoms with E-state index in [4.69, 9.17) is 9.05 Å². The van der Waals surface area contributed by atoms with E-state index >= 15 is 0 Å². The normalized spacial score (nSPS) is 12.3. The van der Waals surface area contributed by atoms with Crippen LogP contribution < -0.4 is 9.44 Å². The zero-order chi connectivity index (χ0) is 41.2. The highest BCUT2D eigenvalue weighted by atomic mass is 32.2. The molecule has 18 heteroatoms. The second-order valence-electron chi connectivity index (χ2n) is 13.3. The van der Waals surface area contributed by atoms with Gasteiger partial charge in [-0.25, -0.2) is 26.3 Å². The van der Waals surface area contributed by atoms with Crippen LogP contribution in [0.3, 0.4) is 0 Å². The van der Waals surface area contributed by atoms with Gasteiger partial charge in [-0.1, -0.05) is 138 Å². The summed E-state index contributed by atoms with van der Waals surface area (Å²) in [5.41, 5.74) is -2.85. The molecule has 0 radical (unpaired) electrons. The number of sulfonamides is 2. The maximum atomic E-state index is 13.2. The van der Waals surface area contributed by atoms with E-state index < -0.39 is 55.6 Å². The van der Waals surface area contributed by atoms with Gasteiger partial charge < -0.3 is 9.05 Å². The van der Waals surface area contributed by atoms with Gasteiger partial charge in [-0.15, -0.1) is 0 Å². The van der Waals surface area contributed by atoms with E-state index in [1.165, 1.54) is 48.5 Å². The highest BCUT2D eigenvalue weighted by Crippen LogP contribution is 2.38. The largest absolute Gasteiger partial charge is 0.437 e. The molecule has 10 nitrogen and oxygen atoms in total. The van der Waals surface area contributed by atoms with Crippen LogP contribution in [0, 0.1) is 0 Å². The number of hydrogen-bond donors (Lipinski definition) is 2. The molecule has 0 atom stereocenters. The number of halogens is 6. The number of anilines is 2. The lowest BCUT2D eigenvalue weighted by atomic mass is 10.0. The Labute approximate surface area is 324 Å². The van der Waals surface area contributed by atoms with Crippen LogP contribution >= 0.6 is 0 Å². The van der Waals surface area contributed by atoms with E-state index in [0.29, 0.717) is 12.8 Å². The molecule has 0 saturated heterocycles. The van der Waals surface area contributed by atoms with Crippen LogP contribution in [-0.4, -0.2) is 27.1 Å². The predicted molar refractivity (Wildman–Crippen MR) is 201 cm³/mol. The van der Waals surface area contributed by atoms with Crippen molar-refractivity contribution in [3.63, 3.8) is 0 Å². The van der Waals surface area contributed by atoms with Gasteiger partial charge in [0, 0.05) is 0 Å². The Balaban J connectivity index is 0.000000300. The van der Waals surface area contributed by atoms with E-state index in [9.17, 15) is 43.2 Å². The molecule has 312 valence electrons. The summed E-state index contributed by atoms with van der Waals surface area (Å²) in [4.78, 5) is -0.135. The average molecular weight is 837 g/mol. The molecule has 0 aliphatic carbocycles. The molecular weight excluding hydrogens is 787 g/mol. The first-order valence-corrected chi connectivity index (χ1v) is 21.7. The Hall–Kier alpha value is -4.06. The molecule has 0 spiro atoms. The molecule has 2 aromatic heterocycles. The molecule has 2 aromatic carbocycles. The van der Waals surface area contributed by atoms with Crippen LogP contribution in [-0.2, 0) is 45.2 Å². The Kier molecular flexibility index (Phi) is 18.2. The second-order valence-corrected chi connectivity index (χ2v) is 16.6. The van der Waals surface area contributed by atoms with Gasteiger partial charge in [0.1, 0.15) is 0 Å². The number of hydrogen-bond acceptors (Lipinski definition) is 8. The molecule has 0 fully saturated rings. The number of nitrogens with one attached hydrogen (secondary N) is 2. The lowest BCUT2D eigenvalue weighted by Gasteiger charge is -2.09. The van der Waals surface area contributed by atoms with Gasteiger partial charge in [0.25, 0.3) is 20.0 Å². The van der Waals surface area contributed by atoms with Crippen molar-refractivity contribution in [2.75, 3.05) is 9.44 Å². The first kappa shape index (κ1) is 46.3. The van der Waals surface area contributed by atoms with E-state index in [1.807, 2.05) is 0 Å². The number of alkyl halides is 6. The monoisotopic (exact) mass is 836 g/mol. The summed E-state index contributed by atoms with van der Waals surface area (Å²) in [6.45, 7) is 4.23. The van der Waals surface area contributed by atoms with Crippen molar-refractivity contribution in [3.05, 3.63) is 83.2 Å². The minimum atomic E-state index is -4.71. The molecule has 2 N–H and O–H groups in total. The van der Waals surface area contributed by atoms with Crippen molar-refractivity contribution in [2.24, 2.45) is 0 Å². The molecule has 0 bridgehead atoms.